The monoisotopic (exact) mass is 270 g/mol. The maximum Gasteiger partial charge on any atom is 0.305 e. The molecule has 19 heavy (non-hydrogen) atoms. The van der Waals surface area contributed by atoms with Gasteiger partial charge in [-0.25, -0.2) is 0 Å². The van der Waals surface area contributed by atoms with Crippen molar-refractivity contribution in [1.82, 2.24) is 0 Å². The Morgan fingerprint density at radius 1 is 0.895 bits per heavy atom. The van der Waals surface area contributed by atoms with Gasteiger partial charge < -0.3 is 9.47 Å². The first kappa shape index (κ1) is 17.9. The number of ether oxygens (including phenoxy) is 2. The molecule has 0 fully saturated rings. The van der Waals surface area contributed by atoms with E-state index >= 15 is 0 Å². The maximum absolute atomic E-state index is 11.3. The van der Waals surface area contributed by atoms with Crippen molar-refractivity contribution < 1.29 is 19.1 Å². The minimum Gasteiger partial charge on any atom is -0.465 e. The second-order valence-electron chi connectivity index (χ2n) is 5.03. The van der Waals surface area contributed by atoms with E-state index in [4.69, 9.17) is 9.47 Å². The average molecular weight is 270 g/mol. The van der Waals surface area contributed by atoms with Crippen LogP contribution in [0.5, 0.6) is 0 Å². The van der Waals surface area contributed by atoms with Crippen LogP contribution < -0.4 is 0 Å². The lowest BCUT2D eigenvalue weighted by molar-refractivity contribution is -0.150. The van der Waals surface area contributed by atoms with Gasteiger partial charge in [-0.3, -0.25) is 9.59 Å². The summed E-state index contributed by atoms with van der Waals surface area (Å²) in [4.78, 5) is 22.7. The Bertz CT molecular complexity index is 245. The Morgan fingerprint density at radius 2 is 1.26 bits per heavy atom. The molecule has 0 aromatic rings. The van der Waals surface area contributed by atoms with Crippen molar-refractivity contribution in [2.75, 3.05) is 13.2 Å². The summed E-state index contributed by atoms with van der Waals surface area (Å²) in [7, 11) is 0. The van der Waals surface area contributed by atoms with Crippen LogP contribution in [0.4, 0.5) is 0 Å². The third-order valence-corrected chi connectivity index (χ3v) is 2.55. The highest BCUT2D eigenvalue weighted by Gasteiger charge is 2.23. The molecule has 0 aliphatic carbocycles. The Hall–Kier alpha value is -1.06. The lowest BCUT2D eigenvalue weighted by Crippen LogP contribution is -2.29. The molecule has 0 bridgehead atoms. The number of hydrogen-bond donors (Lipinski definition) is 0. The van der Waals surface area contributed by atoms with Crippen molar-refractivity contribution >= 4 is 11.9 Å². The molecule has 0 amide bonds. The number of carbonyl (C=O) groups excluding carboxylic acids is 2. The van der Waals surface area contributed by atoms with Gasteiger partial charge in [-0.15, -0.1) is 0 Å². The first-order chi connectivity index (χ1) is 8.91. The van der Waals surface area contributed by atoms with Crippen LogP contribution in [0.1, 0.15) is 52.4 Å². The minimum atomic E-state index is -0.830. The van der Waals surface area contributed by atoms with Gasteiger partial charge in [0.1, 0.15) is 13.2 Å². The largest absolute Gasteiger partial charge is 0.465 e. The van der Waals surface area contributed by atoms with E-state index in [0.717, 1.165) is 25.7 Å². The lowest BCUT2D eigenvalue weighted by atomic mass is 9.96. The molecule has 0 aromatic heterocycles. The van der Waals surface area contributed by atoms with Gasteiger partial charge in [0.05, 0.1) is 0 Å². The zero-order valence-electron chi connectivity index (χ0n) is 12.2. The molecule has 4 heteroatoms. The van der Waals surface area contributed by atoms with E-state index in [2.05, 4.69) is 13.8 Å². The highest BCUT2D eigenvalue weighted by atomic mass is 16.5. The third-order valence-electron chi connectivity index (χ3n) is 2.55. The molecule has 0 unspecified atom stereocenters. The van der Waals surface area contributed by atoms with Crippen molar-refractivity contribution in [3.63, 3.8) is 0 Å². The zero-order valence-corrected chi connectivity index (χ0v) is 12.2. The van der Waals surface area contributed by atoms with Crippen LogP contribution in [0, 0.1) is 19.3 Å². The second-order valence-corrected chi connectivity index (χ2v) is 5.03. The van der Waals surface area contributed by atoms with Crippen molar-refractivity contribution in [2.45, 2.75) is 52.4 Å². The highest BCUT2D eigenvalue weighted by Crippen LogP contribution is 2.16. The van der Waals surface area contributed by atoms with Gasteiger partial charge >= 0.3 is 11.9 Å². The predicted octanol–water partition coefficient (Wildman–Crippen LogP) is 3.11. The quantitative estimate of drug-likeness (QED) is 0.572. The van der Waals surface area contributed by atoms with E-state index in [1.54, 1.807) is 0 Å². The standard InChI is InChI=1S/C15H26O4/c1-5-7-9-13(16)18-11-15(3,4)12-19-14(17)10-8-6-2/h3-12H2,1-2H3. The molecular weight excluding hydrogens is 244 g/mol. The predicted molar refractivity (Wildman–Crippen MR) is 74.1 cm³/mol. The molecule has 4 nitrogen and oxygen atoms in total. The van der Waals surface area contributed by atoms with E-state index in [1.165, 1.54) is 0 Å². The number of rotatable bonds is 10. The van der Waals surface area contributed by atoms with Crippen LogP contribution in [0.2, 0.25) is 0 Å². The minimum absolute atomic E-state index is 0.0661. The van der Waals surface area contributed by atoms with Crippen molar-refractivity contribution in [3.8, 4) is 0 Å². The van der Waals surface area contributed by atoms with E-state index < -0.39 is 5.41 Å². The number of esters is 2. The summed E-state index contributed by atoms with van der Waals surface area (Å²) >= 11 is 0. The van der Waals surface area contributed by atoms with E-state index in [-0.39, 0.29) is 25.2 Å². The molecule has 0 atom stereocenters. The summed E-state index contributed by atoms with van der Waals surface area (Å²) in [6.07, 6.45) is 4.33. The Labute approximate surface area is 116 Å². The van der Waals surface area contributed by atoms with Crippen molar-refractivity contribution in [3.05, 3.63) is 13.8 Å². The van der Waals surface area contributed by atoms with Gasteiger partial charge in [0.15, 0.2) is 0 Å². The molecule has 110 valence electrons. The normalized spacial score (nSPS) is 11.2. The molecule has 0 aromatic carbocycles. The highest BCUT2D eigenvalue weighted by molar-refractivity contribution is 5.69. The van der Waals surface area contributed by atoms with Gasteiger partial charge in [0.2, 0.25) is 0 Å². The first-order valence-electron chi connectivity index (χ1n) is 6.93. The summed E-state index contributed by atoms with van der Waals surface area (Å²) in [5.41, 5.74) is -0.830. The molecular formula is C15H26O4. The fourth-order valence-corrected chi connectivity index (χ4v) is 1.30. The number of carbonyl (C=O) groups is 2. The SMILES string of the molecule is [CH2]C([CH2])(COC(=O)CCCC)COC(=O)CCCC. The molecule has 0 rings (SSSR count). The number of hydrogen-bond acceptors (Lipinski definition) is 4. The van der Waals surface area contributed by atoms with Crippen molar-refractivity contribution in [1.29, 1.82) is 0 Å². The summed E-state index contributed by atoms with van der Waals surface area (Å²) in [6.45, 7) is 11.8. The average Bonchev–Trinajstić information content (AvgIpc) is 2.38. The summed E-state index contributed by atoms with van der Waals surface area (Å²) in [5.74, 6) is -0.508. The fourth-order valence-electron chi connectivity index (χ4n) is 1.30. The topological polar surface area (TPSA) is 52.6 Å². The first-order valence-corrected chi connectivity index (χ1v) is 6.93. The maximum atomic E-state index is 11.3. The van der Waals surface area contributed by atoms with Crippen LogP contribution >= 0.6 is 0 Å². The molecule has 0 saturated heterocycles. The van der Waals surface area contributed by atoms with Gasteiger partial charge in [0, 0.05) is 18.3 Å². The van der Waals surface area contributed by atoms with Crippen LogP contribution in [0.15, 0.2) is 0 Å². The smallest absolute Gasteiger partial charge is 0.305 e. The van der Waals surface area contributed by atoms with Crippen LogP contribution in [-0.2, 0) is 19.1 Å². The second kappa shape index (κ2) is 9.82. The molecule has 0 aliphatic rings. The molecule has 0 N–H and O–H groups in total. The van der Waals surface area contributed by atoms with Crippen LogP contribution in [-0.4, -0.2) is 25.2 Å². The third kappa shape index (κ3) is 10.5. The van der Waals surface area contributed by atoms with Gasteiger partial charge in [-0.2, -0.15) is 0 Å². The summed E-state index contributed by atoms with van der Waals surface area (Å²) in [6, 6.07) is 0. The molecule has 0 spiro atoms. The Kier molecular flexibility index (Phi) is 9.27. The van der Waals surface area contributed by atoms with Gasteiger partial charge in [-0.1, -0.05) is 26.7 Å². The fraction of sp³-hybridized carbons (Fsp3) is 0.733. The zero-order chi connectivity index (χ0) is 14.7. The Balaban J connectivity index is 3.84. The molecule has 0 saturated carbocycles. The summed E-state index contributed by atoms with van der Waals surface area (Å²) in [5, 5.41) is 0. The molecule has 0 heterocycles. The molecule has 0 aliphatic heterocycles. The Morgan fingerprint density at radius 3 is 1.58 bits per heavy atom. The summed E-state index contributed by atoms with van der Waals surface area (Å²) < 4.78 is 10.1. The van der Waals surface area contributed by atoms with Crippen LogP contribution in [0.3, 0.4) is 0 Å². The van der Waals surface area contributed by atoms with Gasteiger partial charge in [-0.05, 0) is 26.7 Å². The molecule has 2 radical (unpaired) electrons. The van der Waals surface area contributed by atoms with E-state index in [1.807, 2.05) is 13.8 Å². The van der Waals surface area contributed by atoms with Gasteiger partial charge in [0.25, 0.3) is 0 Å². The number of unbranched alkanes of at least 4 members (excludes halogenated alkanes) is 2. The van der Waals surface area contributed by atoms with E-state index in [0.29, 0.717) is 12.8 Å². The van der Waals surface area contributed by atoms with Crippen molar-refractivity contribution in [2.24, 2.45) is 5.41 Å². The lowest BCUT2D eigenvalue weighted by Gasteiger charge is -2.23. The van der Waals surface area contributed by atoms with E-state index in [9.17, 15) is 9.59 Å². The van der Waals surface area contributed by atoms with Crippen LogP contribution in [0.25, 0.3) is 0 Å².